The van der Waals surface area contributed by atoms with Crippen molar-refractivity contribution >= 4 is 39.9 Å². The smallest absolute Gasteiger partial charge is 0.410 e. The summed E-state index contributed by atoms with van der Waals surface area (Å²) in [4.78, 5) is 71.3. The molecule has 3 fully saturated rings. The number of amides is 5. The quantitative estimate of drug-likeness (QED) is 0.397. The van der Waals surface area contributed by atoms with E-state index in [-0.39, 0.29) is 44.8 Å². The van der Waals surface area contributed by atoms with Gasteiger partial charge in [0, 0.05) is 18.5 Å². The summed E-state index contributed by atoms with van der Waals surface area (Å²) in [5.74, 6) is -2.76. The van der Waals surface area contributed by atoms with Crippen LogP contribution in [-0.2, 0) is 47.0 Å². The van der Waals surface area contributed by atoms with Crippen LogP contribution in [0.1, 0.15) is 95.4 Å². The maximum absolute atomic E-state index is 14.4. The Morgan fingerprint density at radius 2 is 1.74 bits per heavy atom. The van der Waals surface area contributed by atoms with Gasteiger partial charge in [0.2, 0.25) is 16.9 Å². The monoisotopic (exact) mass is 773 g/mol. The standard InChI is InChI=1S/C37H48FN5O10S/c1-22-15-16-30(51-22)54(49,50)41-33(46)37-18-24(37)12-8-6-5-7-9-14-28(39-34(47)53-36(2,3)4)32(45)43-20-25(17-29(43)31(44)40-37)52-35(48)42-19-23-11-10-13-27(38)26(23)21-42/h10-11,13,15-16,24-25,28-29H,5-9,12,14,17-21H2,1-4H3,(H,39,47)(H,40,44)(H,41,46)/t24-,25-,28+,29+,37-/m1/s1. The molecule has 4 heterocycles. The molecule has 0 bridgehead atoms. The topological polar surface area (TPSA) is 194 Å². The number of benzene rings is 1. The van der Waals surface area contributed by atoms with E-state index in [9.17, 15) is 36.8 Å². The molecule has 294 valence electrons. The van der Waals surface area contributed by atoms with Gasteiger partial charge < -0.3 is 29.4 Å². The summed E-state index contributed by atoms with van der Waals surface area (Å²) in [5.41, 5.74) is -1.41. The van der Waals surface area contributed by atoms with Gasteiger partial charge in [-0.3, -0.25) is 19.3 Å². The lowest BCUT2D eigenvalue weighted by Crippen LogP contribution is -2.58. The van der Waals surface area contributed by atoms with E-state index in [0.717, 1.165) is 25.7 Å². The van der Waals surface area contributed by atoms with Crippen molar-refractivity contribution in [2.45, 2.75) is 133 Å². The van der Waals surface area contributed by atoms with E-state index in [0.29, 0.717) is 29.7 Å². The summed E-state index contributed by atoms with van der Waals surface area (Å²) in [6.45, 7) is 6.53. The molecule has 1 aliphatic carbocycles. The fourth-order valence-corrected chi connectivity index (χ4v) is 8.58. The molecule has 0 unspecified atom stereocenters. The zero-order chi connectivity index (χ0) is 39.0. The van der Waals surface area contributed by atoms with Crippen LogP contribution in [0.2, 0.25) is 0 Å². The molecule has 1 aromatic carbocycles. The number of ether oxygens (including phenoxy) is 2. The highest BCUT2D eigenvalue weighted by Gasteiger charge is 2.62. The van der Waals surface area contributed by atoms with Crippen LogP contribution in [0.5, 0.6) is 0 Å². The number of rotatable bonds is 5. The molecule has 3 N–H and O–H groups in total. The Bertz CT molecular complexity index is 1910. The van der Waals surface area contributed by atoms with Gasteiger partial charge in [-0.1, -0.05) is 44.2 Å². The summed E-state index contributed by atoms with van der Waals surface area (Å²) in [6, 6.07) is 4.92. The van der Waals surface area contributed by atoms with E-state index in [1.165, 1.54) is 28.0 Å². The van der Waals surface area contributed by atoms with Gasteiger partial charge in [0.15, 0.2) is 0 Å². The van der Waals surface area contributed by atoms with Crippen LogP contribution in [0, 0.1) is 18.7 Å². The Morgan fingerprint density at radius 1 is 1.02 bits per heavy atom. The number of carbonyl (C=O) groups excluding carboxylic acids is 5. The lowest BCUT2D eigenvalue weighted by molar-refractivity contribution is -0.141. The Kier molecular flexibility index (Phi) is 11.0. The van der Waals surface area contributed by atoms with Crippen molar-refractivity contribution in [2.24, 2.45) is 5.92 Å². The minimum absolute atomic E-state index is 0.0124. The highest BCUT2D eigenvalue weighted by molar-refractivity contribution is 7.89. The van der Waals surface area contributed by atoms with E-state index >= 15 is 0 Å². The molecule has 1 saturated carbocycles. The van der Waals surface area contributed by atoms with E-state index in [1.807, 2.05) is 0 Å². The number of halogens is 1. The van der Waals surface area contributed by atoms with E-state index in [4.69, 9.17) is 13.9 Å². The predicted molar refractivity (Wildman–Crippen MR) is 189 cm³/mol. The largest absolute Gasteiger partial charge is 0.448 e. The molecule has 1 aromatic heterocycles. The summed E-state index contributed by atoms with van der Waals surface area (Å²) < 4.78 is 59.3. The van der Waals surface area contributed by atoms with Gasteiger partial charge in [0.1, 0.15) is 40.9 Å². The van der Waals surface area contributed by atoms with Crippen molar-refractivity contribution in [1.82, 2.24) is 25.2 Å². The number of sulfonamides is 1. The molecule has 4 aliphatic rings. The Labute approximate surface area is 313 Å². The molecule has 5 amide bonds. The maximum Gasteiger partial charge on any atom is 0.410 e. The van der Waals surface area contributed by atoms with Gasteiger partial charge in [0.25, 0.3) is 15.9 Å². The highest BCUT2D eigenvalue weighted by atomic mass is 32.2. The van der Waals surface area contributed by atoms with Crippen LogP contribution in [-0.4, -0.2) is 84.0 Å². The number of aryl methyl sites for hydroxylation is 1. The van der Waals surface area contributed by atoms with Crippen LogP contribution in [0.15, 0.2) is 39.8 Å². The van der Waals surface area contributed by atoms with Crippen LogP contribution in [0.4, 0.5) is 14.0 Å². The second-order valence-electron chi connectivity index (χ2n) is 15.7. The summed E-state index contributed by atoms with van der Waals surface area (Å²) in [6.07, 6.45) is 1.94. The van der Waals surface area contributed by atoms with Crippen molar-refractivity contribution in [2.75, 3.05) is 6.54 Å². The zero-order valence-electron chi connectivity index (χ0n) is 30.9. The normalized spacial score (nSPS) is 26.3. The molecular formula is C37H48FN5O10S. The molecule has 15 nitrogen and oxygen atoms in total. The first-order chi connectivity index (χ1) is 25.5. The lowest BCUT2D eigenvalue weighted by atomic mass is 10.0. The van der Waals surface area contributed by atoms with E-state index < -0.39 is 80.2 Å². The van der Waals surface area contributed by atoms with Gasteiger partial charge in [-0.25, -0.2) is 18.7 Å². The maximum atomic E-state index is 14.4. The molecule has 17 heteroatoms. The fourth-order valence-electron chi connectivity index (χ4n) is 7.57. The minimum atomic E-state index is -4.41. The van der Waals surface area contributed by atoms with Gasteiger partial charge in [-0.2, -0.15) is 8.42 Å². The van der Waals surface area contributed by atoms with Crippen LogP contribution in [0.25, 0.3) is 0 Å². The fraction of sp³-hybridized carbons (Fsp3) is 0.595. The van der Waals surface area contributed by atoms with E-state index in [1.54, 1.807) is 39.8 Å². The molecule has 0 radical (unpaired) electrons. The average Bonchev–Trinajstić information content (AvgIpc) is 3.46. The zero-order valence-corrected chi connectivity index (χ0v) is 31.8. The Hall–Kier alpha value is -4.67. The third-order valence-corrected chi connectivity index (χ3v) is 11.6. The predicted octanol–water partition coefficient (Wildman–Crippen LogP) is 4.17. The molecule has 2 saturated heterocycles. The number of hydrogen-bond acceptors (Lipinski definition) is 10. The number of nitrogens with zero attached hydrogens (tertiary/aromatic N) is 2. The van der Waals surface area contributed by atoms with E-state index in [2.05, 4.69) is 15.4 Å². The molecule has 5 atom stereocenters. The van der Waals surface area contributed by atoms with Crippen molar-refractivity contribution < 1.29 is 50.7 Å². The SMILES string of the molecule is Cc1ccc(S(=O)(=O)NC(=O)[C@@]23C[C@H]2CCCCCCC[C@H](NC(=O)OC(C)(C)C)C(=O)N2C[C@H](OC(=O)N4Cc5cccc(F)c5C4)C[C@H]2C(=O)N3)o1. The van der Waals surface area contributed by atoms with Gasteiger partial charge in [-0.15, -0.1) is 0 Å². The third kappa shape index (κ3) is 8.66. The van der Waals surface area contributed by atoms with Gasteiger partial charge >= 0.3 is 12.2 Å². The van der Waals surface area contributed by atoms with Crippen molar-refractivity contribution in [3.63, 3.8) is 0 Å². The van der Waals surface area contributed by atoms with Gasteiger partial charge in [0.05, 0.1) is 13.1 Å². The van der Waals surface area contributed by atoms with Gasteiger partial charge in [-0.05, 0) is 76.6 Å². The number of nitrogens with one attached hydrogen (secondary N) is 3. The Balaban J connectivity index is 1.26. The Morgan fingerprint density at radius 3 is 2.43 bits per heavy atom. The van der Waals surface area contributed by atoms with Crippen molar-refractivity contribution in [1.29, 1.82) is 0 Å². The number of fused-ring (bicyclic) bond motifs is 3. The first-order valence-corrected chi connectivity index (χ1v) is 19.9. The summed E-state index contributed by atoms with van der Waals surface area (Å²) in [5, 5.41) is 5.02. The number of hydrogen-bond donors (Lipinski definition) is 3. The lowest BCUT2D eigenvalue weighted by Gasteiger charge is -2.30. The molecule has 54 heavy (non-hydrogen) atoms. The molecule has 2 aromatic rings. The molecule has 3 aliphatic heterocycles. The third-order valence-electron chi connectivity index (χ3n) is 10.4. The average molecular weight is 774 g/mol. The van der Waals surface area contributed by atoms with Crippen LogP contribution < -0.4 is 15.4 Å². The number of furan rings is 1. The summed E-state index contributed by atoms with van der Waals surface area (Å²) in [7, 11) is -4.41. The molecular weight excluding hydrogens is 725 g/mol. The second-order valence-corrected chi connectivity index (χ2v) is 17.3. The number of carbonyl (C=O) groups is 5. The second kappa shape index (κ2) is 15.2. The first-order valence-electron chi connectivity index (χ1n) is 18.4. The van der Waals surface area contributed by atoms with Crippen LogP contribution in [0.3, 0.4) is 0 Å². The molecule has 6 rings (SSSR count). The van der Waals surface area contributed by atoms with Crippen molar-refractivity contribution in [3.8, 4) is 0 Å². The highest BCUT2D eigenvalue weighted by Crippen LogP contribution is 2.48. The number of alkyl carbamates (subject to hydrolysis) is 1. The molecule has 0 spiro atoms. The van der Waals surface area contributed by atoms with Crippen LogP contribution >= 0.6 is 0 Å². The van der Waals surface area contributed by atoms with Crippen molar-refractivity contribution in [3.05, 3.63) is 53.0 Å². The summed E-state index contributed by atoms with van der Waals surface area (Å²) >= 11 is 0. The first kappa shape index (κ1) is 39.0. The minimum Gasteiger partial charge on any atom is -0.448 e.